The van der Waals surface area contributed by atoms with Crippen LogP contribution in [0.4, 0.5) is 9.18 Å². The van der Waals surface area contributed by atoms with Crippen molar-refractivity contribution < 1.29 is 27.7 Å². The molecule has 2 N–H and O–H groups in total. The van der Waals surface area contributed by atoms with E-state index in [0.717, 1.165) is 60.9 Å². The molecule has 1 fully saturated rings. The van der Waals surface area contributed by atoms with Gasteiger partial charge in [-0.05, 0) is 65.3 Å². The van der Waals surface area contributed by atoms with Crippen LogP contribution in [0.5, 0.6) is 5.88 Å². The van der Waals surface area contributed by atoms with Crippen molar-refractivity contribution >= 4 is 28.4 Å². The molecule has 3 aliphatic rings. The number of quaternary nitrogens is 2. The lowest BCUT2D eigenvalue weighted by Crippen LogP contribution is -2.51. The topological polar surface area (TPSA) is 120 Å². The fourth-order valence-electron chi connectivity index (χ4n) is 6.70. The van der Waals surface area contributed by atoms with Crippen LogP contribution in [0.15, 0.2) is 95.2 Å². The molecule has 3 aliphatic heterocycles. The molecule has 0 radical (unpaired) electrons. The van der Waals surface area contributed by atoms with Crippen molar-refractivity contribution in [2.24, 2.45) is 15.8 Å². The van der Waals surface area contributed by atoms with E-state index >= 15 is 0 Å². The molecule has 1 unspecified atom stereocenters. The third-order valence-corrected chi connectivity index (χ3v) is 9.89. The Morgan fingerprint density at radius 2 is 1.87 bits per heavy atom. The smallest absolute Gasteiger partial charge is 0.452 e. The summed E-state index contributed by atoms with van der Waals surface area (Å²) in [6, 6.07) is 15.8. The van der Waals surface area contributed by atoms with Crippen LogP contribution in [0.1, 0.15) is 31.2 Å². The predicted molar refractivity (Wildman–Crippen MR) is 199 cm³/mol. The van der Waals surface area contributed by atoms with Crippen LogP contribution >= 0.6 is 0 Å². The Balaban J connectivity index is 1.17. The lowest BCUT2D eigenvalue weighted by molar-refractivity contribution is -0.856. The maximum Gasteiger partial charge on any atom is 0.452 e. The number of rotatable bonds is 13. The maximum atomic E-state index is 13.9. The molecule has 1 saturated heterocycles. The van der Waals surface area contributed by atoms with Crippen LogP contribution in [0, 0.1) is 5.82 Å². The number of carbonyl (C=O) groups is 1. The average molecular weight is 708 g/mol. The second-order valence-electron chi connectivity index (χ2n) is 13.9. The van der Waals surface area contributed by atoms with Crippen LogP contribution < -0.4 is 10.5 Å². The van der Waals surface area contributed by atoms with Crippen LogP contribution in [-0.2, 0) is 17.7 Å². The number of allylic oxidation sites excluding steroid dienone is 1. The van der Waals surface area contributed by atoms with Crippen molar-refractivity contribution in [3.05, 3.63) is 102 Å². The lowest BCUT2D eigenvalue weighted by Gasteiger charge is -2.27. The van der Waals surface area contributed by atoms with Gasteiger partial charge in [-0.25, -0.2) is 19.2 Å². The highest BCUT2D eigenvalue weighted by Gasteiger charge is 2.51. The zero-order valence-electron chi connectivity index (χ0n) is 30.0. The van der Waals surface area contributed by atoms with E-state index < -0.39 is 10.6 Å². The lowest BCUT2D eigenvalue weighted by atomic mass is 10.1. The monoisotopic (exact) mass is 707 g/mol. The molecular formula is C39H46FN9O3+2. The third-order valence-electron chi connectivity index (χ3n) is 9.89. The molecule has 270 valence electrons. The average Bonchev–Trinajstić information content (AvgIpc) is 3.77. The van der Waals surface area contributed by atoms with Crippen molar-refractivity contribution in [3.8, 4) is 17.1 Å². The number of ether oxygens (including phenoxy) is 2. The van der Waals surface area contributed by atoms with Crippen molar-refractivity contribution in [2.75, 3.05) is 60.1 Å². The number of benzene rings is 2. The van der Waals surface area contributed by atoms with Gasteiger partial charge in [0.2, 0.25) is 12.1 Å². The summed E-state index contributed by atoms with van der Waals surface area (Å²) in [5.41, 5.74) is 9.75. The summed E-state index contributed by atoms with van der Waals surface area (Å²) in [6.45, 7) is 7.59. The van der Waals surface area contributed by atoms with Gasteiger partial charge in [-0.1, -0.05) is 36.6 Å². The number of nitrogens with two attached hydrogens (primary N) is 1. The molecule has 0 aliphatic carbocycles. The molecule has 2 amide bonds. The Kier molecular flexibility index (Phi) is 10.1. The summed E-state index contributed by atoms with van der Waals surface area (Å²) in [4.78, 5) is 30.2. The minimum absolute atomic E-state index is 0.307. The number of morpholine rings is 1. The highest BCUT2D eigenvalue weighted by atomic mass is 19.1. The Morgan fingerprint density at radius 3 is 2.63 bits per heavy atom. The third kappa shape index (κ3) is 7.17. The molecule has 13 heteroatoms. The van der Waals surface area contributed by atoms with Gasteiger partial charge < -0.3 is 19.8 Å². The molecular weight excluding hydrogens is 661 g/mol. The molecule has 2 aromatic heterocycles. The second kappa shape index (κ2) is 14.9. The Hall–Kier alpha value is -5.08. The van der Waals surface area contributed by atoms with Crippen LogP contribution in [0.25, 0.3) is 22.0 Å². The number of carbonyl (C=O) groups excluding carboxylic acids is 1. The number of aromatic nitrogens is 3. The van der Waals surface area contributed by atoms with Crippen LogP contribution in [-0.4, -0.2) is 106 Å². The number of fused-ring (bicyclic) bond motifs is 2. The molecule has 0 spiro atoms. The molecule has 0 bridgehead atoms. The summed E-state index contributed by atoms with van der Waals surface area (Å²) < 4.78 is 27.5. The first-order valence-electron chi connectivity index (χ1n) is 17.9. The number of nitrogens with zero attached hydrogens (tertiary/aromatic N) is 8. The zero-order chi connectivity index (χ0) is 36.3. The molecule has 12 nitrogen and oxygen atoms in total. The number of likely N-dealkylation sites (N-methyl/N-ethyl adjacent to an activating group) is 1. The summed E-state index contributed by atoms with van der Waals surface area (Å²) in [5, 5.41) is 7.08. The van der Waals surface area contributed by atoms with E-state index in [-0.39, 0.29) is 5.82 Å². The number of hydrogen-bond acceptors (Lipinski definition) is 8. The van der Waals surface area contributed by atoms with E-state index in [0.29, 0.717) is 72.0 Å². The van der Waals surface area contributed by atoms with Crippen LogP contribution in [0.3, 0.4) is 0 Å². The van der Waals surface area contributed by atoms with Gasteiger partial charge in [0.05, 0.1) is 39.3 Å². The minimum atomic E-state index is -0.686. The zero-order valence-corrected chi connectivity index (χ0v) is 30.0. The number of hydrogen-bond donors (Lipinski definition) is 1. The standard InChI is InChI=1S/C39H45FN9O3/c1-4-5-9-31-25-29-8-6-7-10-32(29)38(43-31)52-24-21-48(2,3)35-26-49(39(41)50)34(44-35)16-15-33(45-49)37-36(28-11-13-30(40)14-12-28)42-27-47(37)18-17-46-19-22-51-23-20-46/h6-8,10-16,25-27H,4-5,9,17-24H2,1-3H3,(H-,41,50)/q+1/p+1. The molecule has 0 saturated carbocycles. The van der Waals surface area contributed by atoms with Crippen LogP contribution in [0.2, 0.25) is 0 Å². The van der Waals surface area contributed by atoms with Gasteiger partial charge in [0, 0.05) is 48.9 Å². The Morgan fingerprint density at radius 1 is 1.08 bits per heavy atom. The normalized spacial score (nSPS) is 19.0. The summed E-state index contributed by atoms with van der Waals surface area (Å²) in [5.74, 6) is 1.31. The molecule has 5 heterocycles. The van der Waals surface area contributed by atoms with Gasteiger partial charge >= 0.3 is 6.03 Å². The number of amidine groups is 1. The van der Waals surface area contributed by atoms with E-state index in [9.17, 15) is 9.18 Å². The quantitative estimate of drug-likeness (QED) is 0.185. The molecule has 52 heavy (non-hydrogen) atoms. The summed E-state index contributed by atoms with van der Waals surface area (Å²) in [7, 11) is 4.03. The molecule has 2 aromatic carbocycles. The highest BCUT2D eigenvalue weighted by Crippen LogP contribution is 2.33. The molecule has 7 rings (SSSR count). The highest BCUT2D eigenvalue weighted by molar-refractivity contribution is 6.16. The number of primary amides is 1. The van der Waals surface area contributed by atoms with Gasteiger partial charge in [-0.2, -0.15) is 0 Å². The number of imidazole rings is 1. The minimum Gasteiger partial charge on any atom is -0.471 e. The first-order chi connectivity index (χ1) is 25.2. The van der Waals surface area contributed by atoms with Crippen molar-refractivity contribution in [1.29, 1.82) is 0 Å². The van der Waals surface area contributed by atoms with E-state index in [4.69, 9.17) is 35.3 Å². The van der Waals surface area contributed by atoms with E-state index in [2.05, 4.69) is 24.0 Å². The molecule has 4 aromatic rings. The Labute approximate surface area is 303 Å². The van der Waals surface area contributed by atoms with Crippen molar-refractivity contribution in [1.82, 2.24) is 19.4 Å². The van der Waals surface area contributed by atoms with Crippen molar-refractivity contribution in [3.63, 3.8) is 0 Å². The number of unbranched alkanes of at least 4 members (excludes halogenated alkanes) is 1. The van der Waals surface area contributed by atoms with E-state index in [1.165, 1.54) is 12.1 Å². The van der Waals surface area contributed by atoms with Gasteiger partial charge in [-0.15, -0.1) is 4.99 Å². The van der Waals surface area contributed by atoms with E-state index in [1.54, 1.807) is 30.7 Å². The molecule has 1 atom stereocenters. The van der Waals surface area contributed by atoms with Gasteiger partial charge in [0.25, 0.3) is 11.7 Å². The number of aryl methyl sites for hydroxylation is 1. The first kappa shape index (κ1) is 35.3. The number of halogens is 1. The number of aliphatic imine (C=N–C) groups is 1. The largest absolute Gasteiger partial charge is 0.471 e. The maximum absolute atomic E-state index is 13.9. The summed E-state index contributed by atoms with van der Waals surface area (Å²) in [6.07, 6.45) is 10.2. The van der Waals surface area contributed by atoms with Gasteiger partial charge in [0.15, 0.2) is 0 Å². The van der Waals surface area contributed by atoms with E-state index in [1.807, 2.05) is 42.9 Å². The first-order valence-corrected chi connectivity index (χ1v) is 17.9. The number of pyridine rings is 1. The SMILES string of the molecule is CCCCc1cc2ccccc2c(OCC[N+](C)(C)C2=C[N+]3(C(N)=O)N=C(c4c(-c5ccc(F)cc5)ncn4CCN4CCOCC4)C=CC3=N2)n1. The second-order valence-corrected chi connectivity index (χ2v) is 13.9. The van der Waals surface area contributed by atoms with Gasteiger partial charge in [0.1, 0.15) is 30.4 Å². The number of amides is 2. The predicted octanol–water partition coefficient (Wildman–Crippen LogP) is 5.45. The Bertz CT molecular complexity index is 2080. The summed E-state index contributed by atoms with van der Waals surface area (Å²) >= 11 is 0. The fraction of sp³-hybridized carbons (Fsp3) is 0.359. The number of urea groups is 1. The fourth-order valence-corrected chi connectivity index (χ4v) is 6.70. The van der Waals surface area contributed by atoms with Crippen molar-refractivity contribution in [2.45, 2.75) is 32.7 Å². The van der Waals surface area contributed by atoms with Gasteiger partial charge in [-0.3, -0.25) is 9.38 Å².